The van der Waals surface area contributed by atoms with Crippen molar-refractivity contribution in [2.75, 3.05) is 17.7 Å². The van der Waals surface area contributed by atoms with Crippen LogP contribution in [0.25, 0.3) is 0 Å². The van der Waals surface area contributed by atoms with Crippen molar-refractivity contribution >= 4 is 56.0 Å². The SMILES string of the molecule is CCOC(=O)CC(=O)CSC1=NS(=O)(=O)c2cc(Cl)ccc2N1. The van der Waals surface area contributed by atoms with Gasteiger partial charge in [0.1, 0.15) is 11.3 Å². The topological polar surface area (TPSA) is 102 Å². The van der Waals surface area contributed by atoms with Crippen molar-refractivity contribution in [1.29, 1.82) is 0 Å². The molecule has 1 N–H and O–H groups in total. The maximum absolute atomic E-state index is 12.1. The van der Waals surface area contributed by atoms with E-state index < -0.39 is 16.0 Å². The molecule has 1 aromatic rings. The second kappa shape index (κ2) is 7.33. The molecule has 23 heavy (non-hydrogen) atoms. The minimum Gasteiger partial charge on any atom is -0.466 e. The zero-order valence-corrected chi connectivity index (χ0v) is 14.4. The highest BCUT2D eigenvalue weighted by atomic mass is 35.5. The number of nitrogens with one attached hydrogen (secondary N) is 1. The Morgan fingerprint density at radius 3 is 2.83 bits per heavy atom. The third-order valence-electron chi connectivity index (χ3n) is 2.68. The highest BCUT2D eigenvalue weighted by molar-refractivity contribution is 8.15. The number of carbonyl (C=O) groups excluding carboxylic acids is 2. The van der Waals surface area contributed by atoms with Crippen LogP contribution in [0.1, 0.15) is 13.3 Å². The van der Waals surface area contributed by atoms with E-state index in [0.717, 1.165) is 11.8 Å². The predicted octanol–water partition coefficient (Wildman–Crippen LogP) is 2.07. The fourth-order valence-corrected chi connectivity index (χ4v) is 4.10. The van der Waals surface area contributed by atoms with Crippen molar-refractivity contribution in [2.45, 2.75) is 18.2 Å². The molecule has 0 saturated carbocycles. The van der Waals surface area contributed by atoms with Crippen LogP contribution in [0, 0.1) is 0 Å². The zero-order chi connectivity index (χ0) is 17.0. The summed E-state index contributed by atoms with van der Waals surface area (Å²) in [5.74, 6) is -1.08. The largest absolute Gasteiger partial charge is 0.466 e. The molecular weight excluding hydrogens is 364 g/mol. The number of hydrogen-bond donors (Lipinski definition) is 1. The van der Waals surface area contributed by atoms with E-state index in [4.69, 9.17) is 11.6 Å². The molecule has 0 fully saturated rings. The molecular formula is C13H13ClN2O5S2. The Bertz CT molecular complexity index is 777. The number of halogens is 1. The van der Waals surface area contributed by atoms with E-state index in [-0.39, 0.29) is 39.6 Å². The number of nitrogens with zero attached hydrogens (tertiary/aromatic N) is 1. The summed E-state index contributed by atoms with van der Waals surface area (Å²) in [5, 5.41) is 3.17. The highest BCUT2D eigenvalue weighted by Crippen LogP contribution is 2.31. The van der Waals surface area contributed by atoms with Gasteiger partial charge in [-0.05, 0) is 25.1 Å². The smallest absolute Gasteiger partial charge is 0.313 e. The van der Waals surface area contributed by atoms with Gasteiger partial charge in [0.2, 0.25) is 0 Å². The van der Waals surface area contributed by atoms with Crippen LogP contribution in [0.4, 0.5) is 5.69 Å². The number of rotatable bonds is 5. The summed E-state index contributed by atoms with van der Waals surface area (Å²) in [6.45, 7) is 1.84. The molecule has 0 bridgehead atoms. The maximum atomic E-state index is 12.1. The average Bonchev–Trinajstić information content (AvgIpc) is 2.45. The van der Waals surface area contributed by atoms with Crippen LogP contribution in [-0.4, -0.2) is 37.7 Å². The molecule has 0 atom stereocenters. The Kier molecular flexibility index (Phi) is 5.66. The summed E-state index contributed by atoms with van der Waals surface area (Å²) < 4.78 is 32.4. The van der Waals surface area contributed by atoms with E-state index in [1.54, 1.807) is 13.0 Å². The highest BCUT2D eigenvalue weighted by Gasteiger charge is 2.26. The van der Waals surface area contributed by atoms with Crippen molar-refractivity contribution in [1.82, 2.24) is 0 Å². The van der Waals surface area contributed by atoms with Crippen LogP contribution in [0.5, 0.6) is 0 Å². The van der Waals surface area contributed by atoms with Gasteiger partial charge in [-0.1, -0.05) is 23.4 Å². The van der Waals surface area contributed by atoms with Crippen molar-refractivity contribution in [2.24, 2.45) is 4.40 Å². The number of hydrogen-bond acceptors (Lipinski definition) is 7. The van der Waals surface area contributed by atoms with Crippen LogP contribution in [0.15, 0.2) is 27.5 Å². The molecule has 0 spiro atoms. The first-order valence-corrected chi connectivity index (χ1v) is 9.34. The van der Waals surface area contributed by atoms with E-state index in [1.165, 1.54) is 12.1 Å². The van der Waals surface area contributed by atoms with E-state index in [9.17, 15) is 18.0 Å². The lowest BCUT2D eigenvalue weighted by atomic mass is 10.3. The molecule has 1 aromatic carbocycles. The Morgan fingerprint density at radius 2 is 2.13 bits per heavy atom. The first-order valence-electron chi connectivity index (χ1n) is 6.53. The average molecular weight is 377 g/mol. The predicted molar refractivity (Wildman–Crippen MR) is 88.4 cm³/mol. The van der Waals surface area contributed by atoms with Gasteiger partial charge >= 0.3 is 5.97 Å². The minimum atomic E-state index is -3.88. The Labute approximate surface area is 142 Å². The van der Waals surface area contributed by atoms with Crippen LogP contribution >= 0.6 is 23.4 Å². The van der Waals surface area contributed by atoms with Crippen LogP contribution in [-0.2, 0) is 24.3 Å². The number of ether oxygens (including phenoxy) is 1. The van der Waals surface area contributed by atoms with Crippen molar-refractivity contribution in [3.05, 3.63) is 23.2 Å². The van der Waals surface area contributed by atoms with E-state index in [1.807, 2.05) is 0 Å². The molecule has 1 heterocycles. The first-order chi connectivity index (χ1) is 10.8. The summed E-state index contributed by atoms with van der Waals surface area (Å²) in [5.41, 5.74) is 0.338. The number of ketones is 1. The van der Waals surface area contributed by atoms with E-state index >= 15 is 0 Å². The number of Topliss-reactive ketones (excluding diaryl/α,β-unsaturated/α-hetero) is 1. The third-order valence-corrected chi connectivity index (χ3v) is 5.28. The standard InChI is InChI=1S/C13H13ClN2O5S2/c1-2-21-12(18)6-9(17)7-22-13-15-10-4-3-8(14)5-11(10)23(19,20)16-13/h3-5H,2,6-7H2,1H3,(H,15,16). The van der Waals surface area contributed by atoms with Gasteiger partial charge in [-0.25, -0.2) is 0 Å². The number of thioether (sulfide) groups is 1. The second-order valence-electron chi connectivity index (χ2n) is 4.45. The van der Waals surface area contributed by atoms with Crippen molar-refractivity contribution in [3.8, 4) is 0 Å². The maximum Gasteiger partial charge on any atom is 0.313 e. The molecule has 2 rings (SSSR count). The van der Waals surface area contributed by atoms with Gasteiger partial charge in [0.05, 0.1) is 18.0 Å². The van der Waals surface area contributed by atoms with Crippen molar-refractivity contribution in [3.63, 3.8) is 0 Å². The van der Waals surface area contributed by atoms with Gasteiger partial charge in [0.25, 0.3) is 10.0 Å². The van der Waals surface area contributed by atoms with E-state index in [2.05, 4.69) is 14.5 Å². The monoisotopic (exact) mass is 376 g/mol. The number of amidine groups is 1. The van der Waals surface area contributed by atoms with Crippen LogP contribution in [0.3, 0.4) is 0 Å². The van der Waals surface area contributed by atoms with Gasteiger partial charge in [0, 0.05) is 5.02 Å². The number of benzene rings is 1. The lowest BCUT2D eigenvalue weighted by molar-refractivity contribution is -0.145. The van der Waals surface area contributed by atoms with Gasteiger partial charge in [-0.15, -0.1) is 4.40 Å². The van der Waals surface area contributed by atoms with Crippen molar-refractivity contribution < 1.29 is 22.7 Å². The van der Waals surface area contributed by atoms with Gasteiger partial charge < -0.3 is 10.1 Å². The summed E-state index contributed by atoms with van der Waals surface area (Å²) in [6, 6.07) is 4.36. The van der Waals surface area contributed by atoms with Gasteiger partial charge in [0.15, 0.2) is 11.0 Å². The molecule has 0 aliphatic carbocycles. The summed E-state index contributed by atoms with van der Waals surface area (Å²) in [6.07, 6.45) is -0.354. The van der Waals surface area contributed by atoms with Crippen LogP contribution < -0.4 is 5.32 Å². The lowest BCUT2D eigenvalue weighted by Crippen LogP contribution is -2.21. The van der Waals surface area contributed by atoms with Crippen LogP contribution in [0.2, 0.25) is 5.02 Å². The van der Waals surface area contributed by atoms with Gasteiger partial charge in [-0.3, -0.25) is 9.59 Å². The van der Waals surface area contributed by atoms with Gasteiger partial charge in [-0.2, -0.15) is 8.42 Å². The third kappa shape index (κ3) is 4.69. The fraction of sp³-hybridized carbons (Fsp3) is 0.308. The lowest BCUT2D eigenvalue weighted by Gasteiger charge is -2.17. The quantitative estimate of drug-likeness (QED) is 0.619. The Hall–Kier alpha value is -1.58. The Morgan fingerprint density at radius 1 is 1.39 bits per heavy atom. The summed E-state index contributed by atoms with van der Waals surface area (Å²) in [7, 11) is -3.88. The molecule has 10 heteroatoms. The second-order valence-corrected chi connectivity index (χ2v) is 7.42. The number of anilines is 1. The number of fused-ring (bicyclic) bond motifs is 1. The molecule has 0 radical (unpaired) electrons. The first kappa shape index (κ1) is 17.8. The van der Waals surface area contributed by atoms with E-state index in [0.29, 0.717) is 5.69 Å². The number of sulfonamides is 1. The molecule has 0 amide bonds. The molecule has 0 aromatic heterocycles. The number of esters is 1. The molecule has 7 nitrogen and oxygen atoms in total. The molecule has 124 valence electrons. The summed E-state index contributed by atoms with van der Waals surface area (Å²) >= 11 is 6.69. The zero-order valence-electron chi connectivity index (χ0n) is 12.0. The molecule has 0 unspecified atom stereocenters. The summed E-state index contributed by atoms with van der Waals surface area (Å²) in [4.78, 5) is 22.8. The Balaban J connectivity index is 2.03. The normalized spacial score (nSPS) is 15.1. The fourth-order valence-electron chi connectivity index (χ4n) is 1.74. The molecule has 1 aliphatic rings. The molecule has 1 aliphatic heterocycles. The minimum absolute atomic E-state index is 0.0211. The molecule has 0 saturated heterocycles. The number of carbonyl (C=O) groups is 2.